The number of hydrogen-bond donors (Lipinski definition) is 1. The van der Waals surface area contributed by atoms with E-state index in [4.69, 9.17) is 0 Å². The second-order valence-corrected chi connectivity index (χ2v) is 6.27. The van der Waals surface area contributed by atoms with Crippen LogP contribution in [0.3, 0.4) is 0 Å². The summed E-state index contributed by atoms with van der Waals surface area (Å²) in [6.45, 7) is 4.71. The van der Waals surface area contributed by atoms with Crippen molar-refractivity contribution < 1.29 is 18.4 Å². The standard InChI is InChI=1S/C17H19F2N3O2.C2H6/c1-11-8-17(18,19)10-22(11)15(23)9-21-16(24)13-6-7-20-14-5-3-2-4-12(13)14;1-2/h2,4,6-7,11H,3,5,8-10H2,1H3,(H,21,24);1-2H3. The number of likely N-dealkylation sites (tertiary alicyclic amines) is 1. The summed E-state index contributed by atoms with van der Waals surface area (Å²) in [6, 6.07) is 1.07. The molecule has 3 rings (SSSR count). The molecule has 5 nitrogen and oxygen atoms in total. The molecule has 1 saturated heterocycles. The second kappa shape index (κ2) is 8.38. The Bertz CT molecular complexity index is 704. The van der Waals surface area contributed by atoms with Crippen molar-refractivity contribution >= 4 is 17.9 Å². The van der Waals surface area contributed by atoms with Crippen molar-refractivity contribution in [3.63, 3.8) is 0 Å². The Hall–Kier alpha value is -2.31. The highest BCUT2D eigenvalue weighted by atomic mass is 19.3. The number of carbonyl (C=O) groups excluding carboxylic acids is 2. The van der Waals surface area contributed by atoms with E-state index in [1.165, 1.54) is 0 Å². The Labute approximate surface area is 152 Å². The van der Waals surface area contributed by atoms with Crippen molar-refractivity contribution in [3.05, 3.63) is 35.2 Å². The minimum absolute atomic E-state index is 0.292. The van der Waals surface area contributed by atoms with Crippen LogP contribution in [0.2, 0.25) is 0 Å². The number of nitrogens with zero attached hydrogens (tertiary/aromatic N) is 2. The highest BCUT2D eigenvalue weighted by molar-refractivity contribution is 5.99. The maximum atomic E-state index is 13.4. The summed E-state index contributed by atoms with van der Waals surface area (Å²) >= 11 is 0. The number of amides is 2. The normalized spacial score (nSPS) is 20.0. The van der Waals surface area contributed by atoms with E-state index >= 15 is 0 Å². The third-order valence-corrected chi connectivity index (χ3v) is 4.40. The Morgan fingerprint density at radius 3 is 2.77 bits per heavy atom. The number of nitrogens with one attached hydrogen (secondary N) is 1. The summed E-state index contributed by atoms with van der Waals surface area (Å²) in [5.41, 5.74) is 2.06. The van der Waals surface area contributed by atoms with Gasteiger partial charge in [-0.2, -0.15) is 0 Å². The molecular weight excluding hydrogens is 340 g/mol. The van der Waals surface area contributed by atoms with Gasteiger partial charge in [0.2, 0.25) is 5.91 Å². The third-order valence-electron chi connectivity index (χ3n) is 4.40. The van der Waals surface area contributed by atoms with Gasteiger partial charge in [-0.25, -0.2) is 8.78 Å². The van der Waals surface area contributed by atoms with Crippen LogP contribution < -0.4 is 5.32 Å². The Kier molecular flexibility index (Phi) is 6.45. The molecule has 7 heteroatoms. The maximum absolute atomic E-state index is 13.4. The van der Waals surface area contributed by atoms with Crippen LogP contribution in [0.4, 0.5) is 8.78 Å². The molecule has 1 fully saturated rings. The lowest BCUT2D eigenvalue weighted by Crippen LogP contribution is -2.42. The quantitative estimate of drug-likeness (QED) is 0.896. The molecule has 1 aliphatic carbocycles. The van der Waals surface area contributed by atoms with Crippen LogP contribution in [0.25, 0.3) is 6.08 Å². The average Bonchev–Trinajstić information content (AvgIpc) is 2.93. The van der Waals surface area contributed by atoms with Crippen molar-refractivity contribution in [1.29, 1.82) is 0 Å². The van der Waals surface area contributed by atoms with Crippen molar-refractivity contribution in [2.24, 2.45) is 0 Å². The molecule has 2 heterocycles. The molecule has 2 aliphatic rings. The molecular formula is C19H25F2N3O2. The second-order valence-electron chi connectivity index (χ2n) is 6.27. The predicted molar refractivity (Wildman–Crippen MR) is 96.0 cm³/mol. The maximum Gasteiger partial charge on any atom is 0.267 e. The monoisotopic (exact) mass is 365 g/mol. The minimum atomic E-state index is -2.85. The summed E-state index contributed by atoms with van der Waals surface area (Å²) in [7, 11) is 0. The van der Waals surface area contributed by atoms with E-state index in [0.29, 0.717) is 5.56 Å². The Morgan fingerprint density at radius 1 is 1.38 bits per heavy atom. The van der Waals surface area contributed by atoms with E-state index in [9.17, 15) is 18.4 Å². The summed E-state index contributed by atoms with van der Waals surface area (Å²) in [5, 5.41) is 2.54. The van der Waals surface area contributed by atoms with Crippen LogP contribution in [-0.2, 0) is 11.2 Å². The fourth-order valence-electron chi connectivity index (χ4n) is 3.22. The van der Waals surface area contributed by atoms with Crippen LogP contribution >= 0.6 is 0 Å². The number of halogens is 2. The van der Waals surface area contributed by atoms with Gasteiger partial charge in [0.25, 0.3) is 11.8 Å². The SMILES string of the molecule is CC.CC1CC(F)(F)CN1C(=O)CNC(=O)c1ccnc2c1C=CCC2. The topological polar surface area (TPSA) is 62.3 Å². The summed E-state index contributed by atoms with van der Waals surface area (Å²) in [4.78, 5) is 29.9. The van der Waals surface area contributed by atoms with Gasteiger partial charge in [0.1, 0.15) is 0 Å². The van der Waals surface area contributed by atoms with Gasteiger partial charge in [0, 0.05) is 35.5 Å². The smallest absolute Gasteiger partial charge is 0.267 e. The van der Waals surface area contributed by atoms with E-state index in [1.54, 1.807) is 19.2 Å². The van der Waals surface area contributed by atoms with Crippen molar-refractivity contribution in [1.82, 2.24) is 15.2 Å². The molecule has 0 spiro atoms. The first-order valence-corrected chi connectivity index (χ1v) is 8.97. The van der Waals surface area contributed by atoms with Crippen LogP contribution in [0.15, 0.2) is 18.3 Å². The number of aromatic nitrogens is 1. The fraction of sp³-hybridized carbons (Fsp3) is 0.526. The molecule has 0 saturated carbocycles. The molecule has 26 heavy (non-hydrogen) atoms. The zero-order valence-corrected chi connectivity index (χ0v) is 15.4. The number of rotatable bonds is 3. The van der Waals surface area contributed by atoms with Gasteiger partial charge in [-0.3, -0.25) is 14.6 Å². The van der Waals surface area contributed by atoms with E-state index in [0.717, 1.165) is 29.0 Å². The lowest BCUT2D eigenvalue weighted by molar-refractivity contribution is -0.131. The molecule has 2 amide bonds. The molecule has 0 radical (unpaired) electrons. The zero-order valence-electron chi connectivity index (χ0n) is 15.4. The van der Waals surface area contributed by atoms with Crippen LogP contribution in [0.1, 0.15) is 55.2 Å². The third kappa shape index (κ3) is 4.45. The lowest BCUT2D eigenvalue weighted by Gasteiger charge is -2.21. The minimum Gasteiger partial charge on any atom is -0.343 e. The van der Waals surface area contributed by atoms with Crippen molar-refractivity contribution in [2.75, 3.05) is 13.1 Å². The van der Waals surface area contributed by atoms with Crippen molar-refractivity contribution in [2.45, 2.75) is 52.0 Å². The first kappa shape index (κ1) is 20.0. The first-order valence-electron chi connectivity index (χ1n) is 8.97. The van der Waals surface area contributed by atoms with Gasteiger partial charge in [0.05, 0.1) is 13.1 Å². The Morgan fingerprint density at radius 2 is 2.12 bits per heavy atom. The molecule has 1 aliphatic heterocycles. The summed E-state index contributed by atoms with van der Waals surface area (Å²) in [5.74, 6) is -3.74. The van der Waals surface area contributed by atoms with Gasteiger partial charge in [-0.1, -0.05) is 26.0 Å². The number of allylic oxidation sites excluding steroid dienone is 1. The van der Waals surface area contributed by atoms with Crippen LogP contribution in [0.5, 0.6) is 0 Å². The van der Waals surface area contributed by atoms with Gasteiger partial charge >= 0.3 is 0 Å². The highest BCUT2D eigenvalue weighted by Gasteiger charge is 2.44. The number of fused-ring (bicyclic) bond motifs is 1. The Balaban J connectivity index is 0.00000117. The molecule has 1 atom stereocenters. The van der Waals surface area contributed by atoms with Gasteiger partial charge in [-0.05, 0) is 25.8 Å². The van der Waals surface area contributed by atoms with E-state index in [-0.39, 0.29) is 13.0 Å². The van der Waals surface area contributed by atoms with Crippen LogP contribution in [-0.4, -0.2) is 46.8 Å². The molecule has 1 aromatic heterocycles. The molecule has 0 aromatic carbocycles. The van der Waals surface area contributed by atoms with E-state index in [1.807, 2.05) is 26.0 Å². The van der Waals surface area contributed by atoms with E-state index < -0.39 is 30.3 Å². The first-order chi connectivity index (χ1) is 12.4. The van der Waals surface area contributed by atoms with Crippen LogP contribution in [0, 0.1) is 0 Å². The lowest BCUT2D eigenvalue weighted by atomic mass is 9.98. The van der Waals surface area contributed by atoms with Gasteiger partial charge in [-0.15, -0.1) is 0 Å². The largest absolute Gasteiger partial charge is 0.343 e. The van der Waals surface area contributed by atoms with Gasteiger partial charge < -0.3 is 10.2 Å². The van der Waals surface area contributed by atoms with Gasteiger partial charge in [0.15, 0.2) is 0 Å². The number of hydrogen-bond acceptors (Lipinski definition) is 3. The number of aryl methyl sites for hydroxylation is 1. The zero-order chi connectivity index (χ0) is 19.3. The average molecular weight is 365 g/mol. The predicted octanol–water partition coefficient (Wildman–Crippen LogP) is 3.05. The molecule has 0 bridgehead atoms. The van der Waals surface area contributed by atoms with Crippen molar-refractivity contribution in [3.8, 4) is 0 Å². The summed E-state index contributed by atoms with van der Waals surface area (Å²) < 4.78 is 26.7. The molecule has 1 N–H and O–H groups in total. The molecule has 1 aromatic rings. The highest BCUT2D eigenvalue weighted by Crippen LogP contribution is 2.31. The summed E-state index contributed by atoms with van der Waals surface area (Å²) in [6.07, 6.45) is 6.70. The number of pyridine rings is 1. The van der Waals surface area contributed by atoms with E-state index in [2.05, 4.69) is 10.3 Å². The number of alkyl halides is 2. The number of carbonyl (C=O) groups is 2. The molecule has 142 valence electrons. The fourth-order valence-corrected chi connectivity index (χ4v) is 3.22. The molecule has 1 unspecified atom stereocenters.